The van der Waals surface area contributed by atoms with Crippen molar-refractivity contribution in [3.8, 4) is 11.4 Å². The van der Waals surface area contributed by atoms with Gasteiger partial charge in [0.25, 0.3) is 11.8 Å². The first kappa shape index (κ1) is 39.3. The summed E-state index contributed by atoms with van der Waals surface area (Å²) >= 11 is 0. The van der Waals surface area contributed by atoms with E-state index in [0.29, 0.717) is 57.3 Å². The number of nitrogens with zero attached hydrogens (tertiary/aromatic N) is 8. The van der Waals surface area contributed by atoms with E-state index in [4.69, 9.17) is 5.73 Å². The molecule has 0 aliphatic rings. The van der Waals surface area contributed by atoms with Crippen LogP contribution in [0.5, 0.6) is 0 Å². The SMILES string of the molecule is CNC(=O)c1nnc(Nc2ccccn2)cc1Nc1cccc(-c2ncn[nH]2)c1C.CNC(=O)c1nnc(Nc2ccccn2)cc1Nc1cccc(C(N)=O)c1C. The normalized spacial score (nSPS) is 10.3. The van der Waals surface area contributed by atoms with Crippen LogP contribution in [0, 0.1) is 13.8 Å². The molecular weight excluding hydrogens is 741 g/mol. The molecule has 0 unspecified atom stereocenters. The van der Waals surface area contributed by atoms with Gasteiger partial charge in [-0.3, -0.25) is 19.5 Å². The van der Waals surface area contributed by atoms with Crippen molar-refractivity contribution in [3.05, 3.63) is 132 Å². The number of rotatable bonds is 12. The second-order valence-corrected chi connectivity index (χ2v) is 12.2. The largest absolute Gasteiger partial charge is 0.366 e. The summed E-state index contributed by atoms with van der Waals surface area (Å²) in [6.45, 7) is 3.73. The highest BCUT2D eigenvalue weighted by Gasteiger charge is 2.18. The first-order chi connectivity index (χ1) is 28.1. The van der Waals surface area contributed by atoms with Gasteiger partial charge in [-0.05, 0) is 67.4 Å². The van der Waals surface area contributed by atoms with E-state index in [9.17, 15) is 14.4 Å². The Labute approximate surface area is 331 Å². The summed E-state index contributed by atoms with van der Waals surface area (Å²) in [5, 5.41) is 40.7. The van der Waals surface area contributed by atoms with Crippen LogP contribution in [0.4, 0.5) is 46.0 Å². The predicted molar refractivity (Wildman–Crippen MR) is 219 cm³/mol. The number of nitrogens with two attached hydrogens (primary N) is 1. The first-order valence-electron chi connectivity index (χ1n) is 17.6. The van der Waals surface area contributed by atoms with Crippen LogP contribution in [0.2, 0.25) is 0 Å². The number of primary amides is 1. The van der Waals surface area contributed by atoms with Crippen molar-refractivity contribution in [2.24, 2.45) is 5.73 Å². The number of anilines is 8. The molecule has 0 fully saturated rings. The maximum absolute atomic E-state index is 12.3. The first-order valence-corrected chi connectivity index (χ1v) is 17.6. The summed E-state index contributed by atoms with van der Waals surface area (Å²) < 4.78 is 0. The van der Waals surface area contributed by atoms with Gasteiger partial charge in [-0.25, -0.2) is 15.0 Å². The van der Waals surface area contributed by atoms with Crippen molar-refractivity contribution in [2.45, 2.75) is 13.8 Å². The van der Waals surface area contributed by atoms with Gasteiger partial charge >= 0.3 is 0 Å². The second kappa shape index (κ2) is 18.3. The van der Waals surface area contributed by atoms with Crippen molar-refractivity contribution in [1.82, 2.24) is 56.2 Å². The van der Waals surface area contributed by atoms with E-state index in [1.165, 1.54) is 13.4 Å². The molecule has 7 rings (SSSR count). The highest BCUT2D eigenvalue weighted by molar-refractivity contribution is 6.00. The second-order valence-electron chi connectivity index (χ2n) is 12.2. The number of hydrogen-bond acceptors (Lipinski definition) is 15. The molecule has 0 radical (unpaired) electrons. The van der Waals surface area contributed by atoms with Crippen LogP contribution in [0.1, 0.15) is 42.5 Å². The maximum Gasteiger partial charge on any atom is 0.273 e. The van der Waals surface area contributed by atoms with E-state index in [1.807, 2.05) is 49.4 Å². The summed E-state index contributed by atoms with van der Waals surface area (Å²) in [5.74, 6) is 1.44. The number of H-pyrrole nitrogens is 1. The molecule has 0 saturated heterocycles. The number of benzene rings is 2. The van der Waals surface area contributed by atoms with Crippen LogP contribution in [-0.2, 0) is 0 Å². The summed E-state index contributed by atoms with van der Waals surface area (Å²) in [6, 6.07) is 25.1. The minimum Gasteiger partial charge on any atom is -0.366 e. The highest BCUT2D eigenvalue weighted by atomic mass is 16.2. The summed E-state index contributed by atoms with van der Waals surface area (Å²) in [6.07, 6.45) is 4.78. The van der Waals surface area contributed by atoms with Crippen LogP contribution < -0.4 is 37.6 Å². The molecular formula is C39H38N16O3. The van der Waals surface area contributed by atoms with Gasteiger partial charge in [0.1, 0.15) is 18.0 Å². The fourth-order valence-electron chi connectivity index (χ4n) is 5.50. The molecule has 0 spiro atoms. The molecule has 292 valence electrons. The quantitative estimate of drug-likeness (QED) is 0.0816. The number of carbonyl (C=O) groups excluding carboxylic acids is 3. The number of amides is 3. The average Bonchev–Trinajstić information content (AvgIpc) is 3.78. The molecule has 0 aliphatic carbocycles. The van der Waals surface area contributed by atoms with Crippen LogP contribution in [0.3, 0.4) is 0 Å². The van der Waals surface area contributed by atoms with Gasteiger partial charge in [0, 0.05) is 61.1 Å². The zero-order chi connectivity index (χ0) is 41.0. The van der Waals surface area contributed by atoms with Crippen molar-refractivity contribution in [1.29, 1.82) is 0 Å². The molecule has 58 heavy (non-hydrogen) atoms. The third-order valence-corrected chi connectivity index (χ3v) is 8.46. The Kier molecular flexibility index (Phi) is 12.4. The summed E-state index contributed by atoms with van der Waals surface area (Å²) in [4.78, 5) is 48.7. The van der Waals surface area contributed by atoms with E-state index in [-0.39, 0.29) is 17.3 Å². The Morgan fingerprint density at radius 3 is 1.57 bits per heavy atom. The highest BCUT2D eigenvalue weighted by Crippen LogP contribution is 2.31. The fourth-order valence-corrected chi connectivity index (χ4v) is 5.50. The fraction of sp³-hybridized carbons (Fsp3) is 0.103. The standard InChI is InChI=1S/C20H19N9O.C19H19N7O2/c1-12-13(19-23-11-24-29-19)6-5-7-14(12)25-15-10-17(26-16-8-3-4-9-22-16)27-28-18(15)20(30)21-2;1-11-12(18(20)27)6-5-7-13(11)23-14-10-16(24-15-8-3-4-9-22-15)25-26-17(14)19(28)21-2/h3-11H,1-2H3,(H,21,30)(H,23,24,29)(H2,22,25,26,27);3-10H,1-2H3,(H2,20,27)(H,21,28)(H2,22,23,24,25). The molecule has 19 heteroatoms. The van der Waals surface area contributed by atoms with Gasteiger partial charge in [0.15, 0.2) is 28.8 Å². The Bertz CT molecular complexity index is 2540. The van der Waals surface area contributed by atoms with E-state index in [1.54, 1.807) is 68.8 Å². The lowest BCUT2D eigenvalue weighted by atomic mass is 10.1. The molecule has 19 nitrogen and oxygen atoms in total. The zero-order valence-electron chi connectivity index (χ0n) is 31.7. The molecule has 9 N–H and O–H groups in total. The zero-order valence-corrected chi connectivity index (χ0v) is 31.7. The van der Waals surface area contributed by atoms with Gasteiger partial charge in [-0.15, -0.1) is 20.4 Å². The molecule has 3 amide bonds. The summed E-state index contributed by atoms with van der Waals surface area (Å²) in [7, 11) is 3.05. The Morgan fingerprint density at radius 2 is 1.10 bits per heavy atom. The minimum atomic E-state index is -0.530. The van der Waals surface area contributed by atoms with Crippen LogP contribution >= 0.6 is 0 Å². The third-order valence-electron chi connectivity index (χ3n) is 8.46. The lowest BCUT2D eigenvalue weighted by Crippen LogP contribution is -2.21. The van der Waals surface area contributed by atoms with Gasteiger partial charge in [0.05, 0.1) is 11.4 Å². The smallest absolute Gasteiger partial charge is 0.273 e. The Hall–Kier alpha value is -8.35. The molecule has 5 aromatic heterocycles. The number of carbonyl (C=O) groups is 3. The predicted octanol–water partition coefficient (Wildman–Crippen LogP) is 4.94. The van der Waals surface area contributed by atoms with Crippen LogP contribution in [-0.4, -0.2) is 77.4 Å². The Morgan fingerprint density at radius 1 is 0.569 bits per heavy atom. The monoisotopic (exact) mass is 778 g/mol. The number of aromatic amines is 1. The number of pyridine rings is 2. The lowest BCUT2D eigenvalue weighted by Gasteiger charge is -2.15. The van der Waals surface area contributed by atoms with Crippen molar-refractivity contribution in [2.75, 3.05) is 35.4 Å². The van der Waals surface area contributed by atoms with Crippen molar-refractivity contribution >= 4 is 63.7 Å². The maximum atomic E-state index is 12.3. The number of aromatic nitrogens is 9. The third kappa shape index (κ3) is 9.47. The van der Waals surface area contributed by atoms with Gasteiger partial charge in [0.2, 0.25) is 5.91 Å². The van der Waals surface area contributed by atoms with Crippen molar-refractivity contribution in [3.63, 3.8) is 0 Å². The van der Waals surface area contributed by atoms with Crippen LogP contribution in [0.15, 0.2) is 104 Å². The van der Waals surface area contributed by atoms with Gasteiger partial charge in [-0.1, -0.05) is 30.3 Å². The molecule has 5 heterocycles. The minimum absolute atomic E-state index is 0.109. The van der Waals surface area contributed by atoms with Gasteiger partial charge < -0.3 is 37.6 Å². The van der Waals surface area contributed by atoms with Crippen molar-refractivity contribution < 1.29 is 14.4 Å². The molecule has 0 bridgehead atoms. The molecule has 0 atom stereocenters. The Balaban J connectivity index is 0.000000196. The van der Waals surface area contributed by atoms with E-state index in [0.717, 1.165) is 16.8 Å². The molecule has 7 aromatic rings. The molecule has 0 saturated carbocycles. The average molecular weight is 779 g/mol. The van der Waals surface area contributed by atoms with Gasteiger partial charge in [-0.2, -0.15) is 5.10 Å². The number of hydrogen-bond donors (Lipinski definition) is 8. The lowest BCUT2D eigenvalue weighted by molar-refractivity contribution is 0.0950. The summed E-state index contributed by atoms with van der Waals surface area (Å²) in [5.41, 5.74) is 10.9. The van der Waals surface area contributed by atoms with E-state index < -0.39 is 11.8 Å². The molecule has 2 aromatic carbocycles. The number of nitrogens with one attached hydrogen (secondary N) is 7. The van der Waals surface area contributed by atoms with Crippen LogP contribution in [0.25, 0.3) is 11.4 Å². The topological polar surface area (TPSA) is 268 Å². The van der Waals surface area contributed by atoms with E-state index in [2.05, 4.69) is 77.4 Å². The van der Waals surface area contributed by atoms with E-state index >= 15 is 0 Å². The molecule has 0 aliphatic heterocycles.